The molecule has 0 fully saturated rings. The van der Waals surface area contributed by atoms with Gasteiger partial charge in [0.1, 0.15) is 11.8 Å². The molecule has 0 heterocycles. The summed E-state index contributed by atoms with van der Waals surface area (Å²) in [6, 6.07) is 23.5. The molecule has 0 radical (unpaired) electrons. The van der Waals surface area contributed by atoms with Crippen molar-refractivity contribution in [2.24, 2.45) is 0 Å². The third kappa shape index (κ3) is 10.4. The normalized spacial score (nSPS) is 12.7. The molecular formula is C33H42BrN3O5S. The Morgan fingerprint density at radius 1 is 0.953 bits per heavy atom. The molecule has 3 aromatic rings. The predicted octanol–water partition coefficient (Wildman–Crippen LogP) is 5.95. The summed E-state index contributed by atoms with van der Waals surface area (Å²) in [5, 5.41) is 3.07. The van der Waals surface area contributed by atoms with Crippen LogP contribution in [0.5, 0.6) is 5.75 Å². The summed E-state index contributed by atoms with van der Waals surface area (Å²) in [4.78, 5) is 29.3. The molecule has 3 rings (SSSR count). The highest BCUT2D eigenvalue weighted by Gasteiger charge is 2.31. The number of ether oxygens (including phenoxy) is 1. The molecule has 0 aliphatic carbocycles. The van der Waals surface area contributed by atoms with Gasteiger partial charge in [-0.25, -0.2) is 8.42 Å². The van der Waals surface area contributed by atoms with Crippen molar-refractivity contribution < 1.29 is 22.7 Å². The van der Waals surface area contributed by atoms with Crippen molar-refractivity contribution in [3.8, 4) is 5.75 Å². The Morgan fingerprint density at radius 2 is 1.63 bits per heavy atom. The van der Waals surface area contributed by atoms with Crippen LogP contribution in [0.1, 0.15) is 51.2 Å². The van der Waals surface area contributed by atoms with E-state index < -0.39 is 16.1 Å². The van der Waals surface area contributed by atoms with E-state index in [1.54, 1.807) is 29.2 Å². The topological polar surface area (TPSA) is 96.0 Å². The van der Waals surface area contributed by atoms with Gasteiger partial charge >= 0.3 is 0 Å². The van der Waals surface area contributed by atoms with Crippen LogP contribution in [0.25, 0.3) is 0 Å². The van der Waals surface area contributed by atoms with Crippen molar-refractivity contribution in [2.45, 2.75) is 65.1 Å². The molecule has 1 N–H and O–H groups in total. The summed E-state index contributed by atoms with van der Waals surface area (Å²) >= 11 is 3.51. The third-order valence-corrected chi connectivity index (χ3v) is 8.77. The highest BCUT2D eigenvalue weighted by Crippen LogP contribution is 2.30. The molecule has 10 heteroatoms. The van der Waals surface area contributed by atoms with Gasteiger partial charge in [0.25, 0.3) is 0 Å². The van der Waals surface area contributed by atoms with Gasteiger partial charge in [-0.05, 0) is 62.1 Å². The average molecular weight is 673 g/mol. The first kappa shape index (κ1) is 34.1. The molecule has 0 aromatic heterocycles. The number of sulfonamides is 1. The minimum Gasteiger partial charge on any atom is -0.492 e. The Balaban J connectivity index is 1.91. The summed E-state index contributed by atoms with van der Waals surface area (Å²) in [7, 11) is -3.66. The van der Waals surface area contributed by atoms with Gasteiger partial charge in [-0.1, -0.05) is 77.5 Å². The number of nitrogens with one attached hydrogen (secondary N) is 1. The van der Waals surface area contributed by atoms with E-state index in [-0.39, 0.29) is 43.8 Å². The fraction of sp³-hybridized carbons (Fsp3) is 0.394. The molecule has 43 heavy (non-hydrogen) atoms. The van der Waals surface area contributed by atoms with E-state index in [4.69, 9.17) is 4.74 Å². The van der Waals surface area contributed by atoms with Gasteiger partial charge in [-0.3, -0.25) is 13.9 Å². The molecule has 0 aliphatic heterocycles. The lowest BCUT2D eigenvalue weighted by Crippen LogP contribution is -2.52. The van der Waals surface area contributed by atoms with Crippen LogP contribution in [0.3, 0.4) is 0 Å². The second kappa shape index (κ2) is 16.5. The largest absolute Gasteiger partial charge is 0.492 e. The number of nitrogens with zero attached hydrogens (tertiary/aromatic N) is 2. The molecule has 0 aliphatic rings. The molecular weight excluding hydrogens is 630 g/mol. The fourth-order valence-corrected chi connectivity index (χ4v) is 6.17. The molecule has 0 saturated heterocycles. The molecule has 0 spiro atoms. The minimum atomic E-state index is -3.66. The minimum absolute atomic E-state index is 0.0534. The van der Waals surface area contributed by atoms with Crippen molar-refractivity contribution in [2.75, 3.05) is 23.7 Å². The maximum Gasteiger partial charge on any atom is 0.243 e. The lowest BCUT2D eigenvalue weighted by molar-refractivity contribution is -0.141. The number of para-hydroxylation sites is 2. The second-order valence-corrected chi connectivity index (χ2v) is 13.3. The number of carbonyl (C=O) groups excluding carboxylic acids is 2. The molecule has 0 bridgehead atoms. The summed E-state index contributed by atoms with van der Waals surface area (Å²) in [5.41, 5.74) is 2.25. The van der Waals surface area contributed by atoms with E-state index in [0.29, 0.717) is 24.5 Å². The highest BCUT2D eigenvalue weighted by atomic mass is 79.9. The number of carbonyl (C=O) groups is 2. The van der Waals surface area contributed by atoms with Crippen molar-refractivity contribution in [3.05, 3.63) is 94.5 Å². The summed E-state index contributed by atoms with van der Waals surface area (Å²) in [6.07, 6.45) is 2.56. The highest BCUT2D eigenvalue weighted by molar-refractivity contribution is 9.10. The Hall–Kier alpha value is -3.37. The number of benzene rings is 3. The van der Waals surface area contributed by atoms with Crippen molar-refractivity contribution in [1.82, 2.24) is 10.2 Å². The zero-order valence-corrected chi connectivity index (χ0v) is 27.7. The molecule has 8 nitrogen and oxygen atoms in total. The Kier molecular flexibility index (Phi) is 13.1. The van der Waals surface area contributed by atoms with Gasteiger partial charge < -0.3 is 15.0 Å². The average Bonchev–Trinajstić information content (AvgIpc) is 2.97. The van der Waals surface area contributed by atoms with Crippen LogP contribution in [-0.4, -0.2) is 56.6 Å². The van der Waals surface area contributed by atoms with E-state index in [1.807, 2.05) is 75.4 Å². The van der Waals surface area contributed by atoms with E-state index in [9.17, 15) is 18.0 Å². The van der Waals surface area contributed by atoms with Gasteiger partial charge in [0.15, 0.2) is 0 Å². The maximum atomic E-state index is 14.0. The van der Waals surface area contributed by atoms with Gasteiger partial charge in [0.05, 0.1) is 18.6 Å². The maximum absolute atomic E-state index is 14.0. The van der Waals surface area contributed by atoms with Crippen LogP contribution < -0.4 is 14.4 Å². The molecule has 2 amide bonds. The third-order valence-electron chi connectivity index (χ3n) is 7.10. The van der Waals surface area contributed by atoms with Crippen LogP contribution in [0.4, 0.5) is 5.69 Å². The number of rotatable bonds is 16. The number of halogens is 1. The molecule has 2 atom stereocenters. The molecule has 3 aromatic carbocycles. The van der Waals surface area contributed by atoms with Crippen LogP contribution >= 0.6 is 15.9 Å². The number of hydrogen-bond donors (Lipinski definition) is 1. The summed E-state index contributed by atoms with van der Waals surface area (Å²) in [5.74, 6) is 0.0133. The van der Waals surface area contributed by atoms with Gasteiger partial charge in [-0.15, -0.1) is 0 Å². The van der Waals surface area contributed by atoms with Gasteiger partial charge in [-0.2, -0.15) is 0 Å². The van der Waals surface area contributed by atoms with Crippen LogP contribution in [0, 0.1) is 0 Å². The Labute approximate surface area is 264 Å². The number of hydrogen-bond acceptors (Lipinski definition) is 5. The standard InChI is InChI=1S/C33H42BrN3O5S/c1-5-25(3)35-33(39)30(23-26-14-8-7-9-15-26)36(24-27-16-12-17-28(34)22-27)32(38)20-13-21-37(43(4,40)41)29-18-10-11-19-31(29)42-6-2/h7-12,14-19,22,25,30H,5-6,13,20-21,23-24H2,1-4H3,(H,35,39)/t25-,30+/m1/s1. The van der Waals surface area contributed by atoms with Gasteiger partial charge in [0, 0.05) is 36.4 Å². The van der Waals surface area contributed by atoms with Crippen molar-refractivity contribution in [3.63, 3.8) is 0 Å². The van der Waals surface area contributed by atoms with Crippen molar-refractivity contribution in [1.29, 1.82) is 0 Å². The predicted molar refractivity (Wildman–Crippen MR) is 176 cm³/mol. The van der Waals surface area contributed by atoms with E-state index in [0.717, 1.165) is 28.3 Å². The van der Waals surface area contributed by atoms with Crippen LogP contribution in [-0.2, 0) is 32.6 Å². The van der Waals surface area contributed by atoms with E-state index in [2.05, 4.69) is 21.2 Å². The SMILES string of the molecule is CCOc1ccccc1N(CCCC(=O)N(Cc1cccc(Br)c1)[C@@H](Cc1ccccc1)C(=O)N[C@H](C)CC)S(C)(=O)=O. The van der Waals surface area contributed by atoms with Crippen LogP contribution in [0.15, 0.2) is 83.3 Å². The quantitative estimate of drug-likeness (QED) is 0.203. The zero-order valence-electron chi connectivity index (χ0n) is 25.3. The van der Waals surface area contributed by atoms with E-state index in [1.165, 1.54) is 4.31 Å². The second-order valence-electron chi connectivity index (χ2n) is 10.5. The smallest absolute Gasteiger partial charge is 0.243 e. The molecule has 232 valence electrons. The summed E-state index contributed by atoms with van der Waals surface area (Å²) < 4.78 is 33.5. The first-order chi connectivity index (χ1) is 20.5. The van der Waals surface area contributed by atoms with Crippen molar-refractivity contribution >= 4 is 43.5 Å². The lowest BCUT2D eigenvalue weighted by Gasteiger charge is -2.33. The van der Waals surface area contributed by atoms with Crippen LogP contribution in [0.2, 0.25) is 0 Å². The number of amides is 2. The molecule has 0 saturated carbocycles. The zero-order chi connectivity index (χ0) is 31.4. The van der Waals surface area contributed by atoms with Gasteiger partial charge in [0.2, 0.25) is 21.8 Å². The molecule has 0 unspecified atom stereocenters. The lowest BCUT2D eigenvalue weighted by atomic mass is 10.0. The number of anilines is 1. The monoisotopic (exact) mass is 671 g/mol. The Bertz CT molecular complexity index is 1450. The first-order valence-corrected chi connectivity index (χ1v) is 17.2. The Morgan fingerprint density at radius 3 is 2.28 bits per heavy atom. The fourth-order valence-electron chi connectivity index (χ4n) is 4.75. The summed E-state index contributed by atoms with van der Waals surface area (Å²) in [6.45, 7) is 6.48. The van der Waals surface area contributed by atoms with E-state index >= 15 is 0 Å². The first-order valence-electron chi connectivity index (χ1n) is 14.6.